The van der Waals surface area contributed by atoms with Gasteiger partial charge in [0.2, 0.25) is 0 Å². The smallest absolute Gasteiger partial charge is 0.138 e. The van der Waals surface area contributed by atoms with Crippen molar-refractivity contribution in [1.82, 2.24) is 5.32 Å². The molecule has 0 saturated heterocycles. The molecule has 1 N–H and O–H groups in total. The van der Waals surface area contributed by atoms with Crippen LogP contribution in [-0.2, 0) is 13.2 Å². The molecule has 0 saturated carbocycles. The van der Waals surface area contributed by atoms with E-state index in [4.69, 9.17) is 20.8 Å². The number of rotatable bonds is 6. The Labute approximate surface area is 112 Å². The zero-order valence-corrected chi connectivity index (χ0v) is 11.0. The van der Waals surface area contributed by atoms with Crippen LogP contribution in [0.1, 0.15) is 18.2 Å². The summed E-state index contributed by atoms with van der Waals surface area (Å²) < 4.78 is 11.1. The van der Waals surface area contributed by atoms with Gasteiger partial charge in [0.1, 0.15) is 18.1 Å². The fraction of sp³-hybridized carbons (Fsp3) is 0.286. The highest BCUT2D eigenvalue weighted by molar-refractivity contribution is 6.32. The first-order chi connectivity index (χ1) is 8.81. The van der Waals surface area contributed by atoms with Crippen molar-refractivity contribution >= 4 is 11.6 Å². The number of benzene rings is 1. The molecule has 0 bridgehead atoms. The molecule has 96 valence electrons. The molecule has 0 aliphatic carbocycles. The van der Waals surface area contributed by atoms with Crippen molar-refractivity contribution in [2.75, 3.05) is 6.54 Å². The Hall–Kier alpha value is -1.45. The molecule has 1 heterocycles. The minimum atomic E-state index is 0.459. The number of furan rings is 1. The highest BCUT2D eigenvalue weighted by Crippen LogP contribution is 2.24. The fourth-order valence-corrected chi connectivity index (χ4v) is 1.80. The average Bonchev–Trinajstić information content (AvgIpc) is 2.83. The summed E-state index contributed by atoms with van der Waals surface area (Å²) in [6.45, 7) is 4.14. The van der Waals surface area contributed by atoms with E-state index in [1.165, 1.54) is 0 Å². The van der Waals surface area contributed by atoms with Gasteiger partial charge in [-0.25, -0.2) is 0 Å². The molecule has 1 aromatic carbocycles. The van der Waals surface area contributed by atoms with Crippen molar-refractivity contribution in [3.05, 3.63) is 52.9 Å². The molecule has 18 heavy (non-hydrogen) atoms. The van der Waals surface area contributed by atoms with Gasteiger partial charge >= 0.3 is 0 Å². The molecule has 0 amide bonds. The van der Waals surface area contributed by atoms with E-state index in [0.717, 1.165) is 17.9 Å². The average molecular weight is 266 g/mol. The minimum absolute atomic E-state index is 0.459. The van der Waals surface area contributed by atoms with Crippen LogP contribution in [-0.4, -0.2) is 6.54 Å². The summed E-state index contributed by atoms with van der Waals surface area (Å²) in [5, 5.41) is 3.84. The highest BCUT2D eigenvalue weighted by Gasteiger charge is 2.07. The highest BCUT2D eigenvalue weighted by atomic mass is 35.5. The number of ether oxygens (including phenoxy) is 1. The molecule has 0 fully saturated rings. The molecule has 3 nitrogen and oxygen atoms in total. The molecule has 1 aromatic heterocycles. The van der Waals surface area contributed by atoms with Crippen LogP contribution in [0.2, 0.25) is 5.02 Å². The molecule has 0 atom stereocenters. The molecule has 0 radical (unpaired) electrons. The van der Waals surface area contributed by atoms with Gasteiger partial charge in [0.15, 0.2) is 0 Å². The zero-order valence-electron chi connectivity index (χ0n) is 10.3. The first-order valence-electron chi connectivity index (χ1n) is 5.94. The molecule has 0 aliphatic heterocycles. The van der Waals surface area contributed by atoms with Crippen LogP contribution in [0.4, 0.5) is 0 Å². The lowest BCUT2D eigenvalue weighted by atomic mass is 10.2. The third-order valence-corrected chi connectivity index (χ3v) is 2.91. The molecule has 0 spiro atoms. The van der Waals surface area contributed by atoms with Crippen LogP contribution in [0.15, 0.2) is 41.0 Å². The summed E-state index contributed by atoms with van der Waals surface area (Å²) in [6, 6.07) is 9.36. The summed E-state index contributed by atoms with van der Waals surface area (Å²) in [5.41, 5.74) is 1.04. The number of para-hydroxylation sites is 1. The second kappa shape index (κ2) is 6.47. The lowest BCUT2D eigenvalue weighted by Crippen LogP contribution is -2.12. The zero-order chi connectivity index (χ0) is 12.8. The van der Waals surface area contributed by atoms with E-state index in [1.807, 2.05) is 30.3 Å². The molecule has 2 rings (SSSR count). The van der Waals surface area contributed by atoms with E-state index in [9.17, 15) is 0 Å². The van der Waals surface area contributed by atoms with Crippen LogP contribution in [0.25, 0.3) is 0 Å². The predicted molar refractivity (Wildman–Crippen MR) is 71.9 cm³/mol. The van der Waals surface area contributed by atoms with Crippen molar-refractivity contribution in [1.29, 1.82) is 0 Å². The van der Waals surface area contributed by atoms with Crippen LogP contribution >= 0.6 is 11.6 Å². The van der Waals surface area contributed by atoms with Crippen molar-refractivity contribution in [2.24, 2.45) is 0 Å². The Morgan fingerprint density at radius 3 is 2.89 bits per heavy atom. The molecule has 2 aromatic rings. The third-order valence-electron chi connectivity index (χ3n) is 2.59. The van der Waals surface area contributed by atoms with E-state index in [-0.39, 0.29) is 0 Å². The maximum absolute atomic E-state index is 6.03. The number of nitrogens with one attached hydrogen (secondary N) is 1. The second-order valence-electron chi connectivity index (χ2n) is 3.87. The number of hydrogen-bond acceptors (Lipinski definition) is 3. The van der Waals surface area contributed by atoms with Crippen LogP contribution in [0.3, 0.4) is 0 Å². The summed E-state index contributed by atoms with van der Waals surface area (Å²) in [5.74, 6) is 1.60. The van der Waals surface area contributed by atoms with Gasteiger partial charge < -0.3 is 14.5 Å². The van der Waals surface area contributed by atoms with Crippen molar-refractivity contribution in [3.8, 4) is 5.75 Å². The van der Waals surface area contributed by atoms with E-state index in [2.05, 4.69) is 12.2 Å². The summed E-state index contributed by atoms with van der Waals surface area (Å²) in [4.78, 5) is 0. The van der Waals surface area contributed by atoms with E-state index in [0.29, 0.717) is 23.9 Å². The van der Waals surface area contributed by atoms with Crippen molar-refractivity contribution < 1.29 is 9.15 Å². The number of halogens is 1. The SMILES string of the molecule is CCNCc1occc1COc1ccccc1Cl. The molecule has 4 heteroatoms. The first-order valence-corrected chi connectivity index (χ1v) is 6.32. The van der Waals surface area contributed by atoms with Crippen LogP contribution < -0.4 is 10.1 Å². The summed E-state index contributed by atoms with van der Waals surface area (Å²) in [6.07, 6.45) is 1.68. The Balaban J connectivity index is 1.98. The van der Waals surface area contributed by atoms with Gasteiger partial charge in [-0.15, -0.1) is 0 Å². The van der Waals surface area contributed by atoms with Gasteiger partial charge in [0.05, 0.1) is 17.8 Å². The Bertz CT molecular complexity index is 496. The monoisotopic (exact) mass is 265 g/mol. The lowest BCUT2D eigenvalue weighted by Gasteiger charge is -2.08. The minimum Gasteiger partial charge on any atom is -0.487 e. The Morgan fingerprint density at radius 1 is 1.28 bits per heavy atom. The quantitative estimate of drug-likeness (QED) is 0.866. The first kappa shape index (κ1) is 13.0. The topological polar surface area (TPSA) is 34.4 Å². The normalized spacial score (nSPS) is 10.6. The third kappa shape index (κ3) is 3.28. The lowest BCUT2D eigenvalue weighted by molar-refractivity contribution is 0.301. The fourth-order valence-electron chi connectivity index (χ4n) is 1.61. The van der Waals surface area contributed by atoms with Gasteiger partial charge in [-0.2, -0.15) is 0 Å². The van der Waals surface area contributed by atoms with Crippen molar-refractivity contribution in [2.45, 2.75) is 20.1 Å². The predicted octanol–water partition coefficient (Wildman–Crippen LogP) is 3.62. The molecule has 0 unspecified atom stereocenters. The maximum Gasteiger partial charge on any atom is 0.138 e. The van der Waals surface area contributed by atoms with Crippen molar-refractivity contribution in [3.63, 3.8) is 0 Å². The second-order valence-corrected chi connectivity index (χ2v) is 4.28. The standard InChI is InChI=1S/C14H16ClNO2/c1-2-16-9-14-11(7-8-17-14)10-18-13-6-4-3-5-12(13)15/h3-8,16H,2,9-10H2,1H3. The van der Waals surface area contributed by atoms with Gasteiger partial charge in [-0.3, -0.25) is 0 Å². The summed E-state index contributed by atoms with van der Waals surface area (Å²) >= 11 is 6.03. The number of hydrogen-bond donors (Lipinski definition) is 1. The largest absolute Gasteiger partial charge is 0.487 e. The Morgan fingerprint density at radius 2 is 2.11 bits per heavy atom. The molecule has 0 aliphatic rings. The van der Waals surface area contributed by atoms with E-state index >= 15 is 0 Å². The maximum atomic E-state index is 6.03. The molecular formula is C14H16ClNO2. The van der Waals surface area contributed by atoms with Crippen LogP contribution in [0.5, 0.6) is 5.75 Å². The molecular weight excluding hydrogens is 250 g/mol. The van der Waals surface area contributed by atoms with Gasteiger partial charge in [-0.1, -0.05) is 30.7 Å². The van der Waals surface area contributed by atoms with E-state index in [1.54, 1.807) is 6.26 Å². The van der Waals surface area contributed by atoms with Gasteiger partial charge in [0.25, 0.3) is 0 Å². The summed E-state index contributed by atoms with van der Waals surface area (Å²) in [7, 11) is 0. The van der Waals surface area contributed by atoms with Crippen LogP contribution in [0, 0.1) is 0 Å². The van der Waals surface area contributed by atoms with Gasteiger partial charge in [0, 0.05) is 5.56 Å². The Kier molecular flexibility index (Phi) is 4.67. The van der Waals surface area contributed by atoms with Gasteiger partial charge in [-0.05, 0) is 24.7 Å². The van der Waals surface area contributed by atoms with E-state index < -0.39 is 0 Å².